The van der Waals surface area contributed by atoms with Crippen molar-refractivity contribution in [2.75, 3.05) is 11.9 Å². The minimum Gasteiger partial charge on any atom is -0.352 e. The summed E-state index contributed by atoms with van der Waals surface area (Å²) >= 11 is 12.9. The van der Waals surface area contributed by atoms with Crippen molar-refractivity contribution in [2.45, 2.75) is 115 Å². The predicted molar refractivity (Wildman–Crippen MR) is 176 cm³/mol. The molecule has 0 aromatic heterocycles. The molecule has 44 heavy (non-hydrogen) atoms. The Kier molecular flexibility index (Phi) is 8.37. The van der Waals surface area contributed by atoms with E-state index in [1.807, 2.05) is 12.1 Å². The monoisotopic (exact) mass is 641 g/mol. The molecule has 6 rings (SSSR count). The molecular formula is C36H46Cl2FN3O2. The first kappa shape index (κ1) is 31.8. The van der Waals surface area contributed by atoms with E-state index in [1.165, 1.54) is 6.07 Å². The van der Waals surface area contributed by atoms with Crippen LogP contribution in [0.1, 0.15) is 103 Å². The lowest BCUT2D eigenvalue weighted by molar-refractivity contribution is -0.130. The zero-order valence-electron chi connectivity index (χ0n) is 26.6. The highest BCUT2D eigenvalue weighted by molar-refractivity contribution is 6.31. The Hall–Kier alpha value is -2.15. The normalized spacial score (nSPS) is 31.0. The third-order valence-corrected chi connectivity index (χ3v) is 12.4. The van der Waals surface area contributed by atoms with Crippen molar-refractivity contribution in [3.63, 3.8) is 0 Å². The second kappa shape index (κ2) is 11.6. The summed E-state index contributed by atoms with van der Waals surface area (Å²) in [5.41, 5.74) is -0.0835. The number of halogens is 3. The van der Waals surface area contributed by atoms with Gasteiger partial charge < -0.3 is 10.6 Å². The highest BCUT2D eigenvalue weighted by Gasteiger charge is 2.75. The van der Waals surface area contributed by atoms with E-state index in [9.17, 15) is 9.59 Å². The molecule has 4 aliphatic rings. The summed E-state index contributed by atoms with van der Waals surface area (Å²) in [5.74, 6) is -0.384. The van der Waals surface area contributed by atoms with Crippen LogP contribution >= 0.6 is 23.2 Å². The lowest BCUT2D eigenvalue weighted by Crippen LogP contribution is -2.62. The number of likely N-dealkylation sites (N-methyl/N-ethyl adjacent to an activating group) is 1. The Morgan fingerprint density at radius 1 is 1.07 bits per heavy atom. The second-order valence-corrected chi connectivity index (χ2v) is 15.7. The minimum atomic E-state index is -1.22. The topological polar surface area (TPSA) is 61.4 Å². The highest BCUT2D eigenvalue weighted by Crippen LogP contribution is 2.67. The number of carbonyl (C=O) groups excluding carboxylic acids is 2. The SMILES string of the molecule is CCN1[C@@H](C(=O)N[C@H]2CC[C@H](C(C)C)CC2)[C@H](c2cccc(Cl)c2F)[C@]2(C(=O)Nc3cc(Cl)ccc32)C12CCC(C)(C)CC2. The number of nitrogens with one attached hydrogen (secondary N) is 2. The van der Waals surface area contributed by atoms with Gasteiger partial charge >= 0.3 is 0 Å². The molecule has 2 saturated carbocycles. The molecule has 2 spiro atoms. The maximum absolute atomic E-state index is 16.3. The van der Waals surface area contributed by atoms with Crippen molar-refractivity contribution in [2.24, 2.45) is 17.3 Å². The molecule has 2 aliphatic heterocycles. The first-order valence-electron chi connectivity index (χ1n) is 16.5. The van der Waals surface area contributed by atoms with Crippen molar-refractivity contribution < 1.29 is 14.0 Å². The number of likely N-dealkylation sites (tertiary alicyclic amines) is 1. The van der Waals surface area contributed by atoms with Gasteiger partial charge in [-0.05, 0) is 104 Å². The van der Waals surface area contributed by atoms with Gasteiger partial charge in [-0.15, -0.1) is 0 Å². The van der Waals surface area contributed by atoms with Gasteiger partial charge in [0, 0.05) is 28.2 Å². The molecule has 3 atom stereocenters. The van der Waals surface area contributed by atoms with E-state index >= 15 is 4.39 Å². The summed E-state index contributed by atoms with van der Waals surface area (Å²) in [4.78, 5) is 31.9. The van der Waals surface area contributed by atoms with Gasteiger partial charge in [-0.2, -0.15) is 0 Å². The summed E-state index contributed by atoms with van der Waals surface area (Å²) < 4.78 is 16.3. The van der Waals surface area contributed by atoms with Gasteiger partial charge in [0.1, 0.15) is 11.2 Å². The van der Waals surface area contributed by atoms with Crippen LogP contribution < -0.4 is 10.6 Å². The van der Waals surface area contributed by atoms with Gasteiger partial charge in [0.25, 0.3) is 0 Å². The molecule has 2 aliphatic carbocycles. The Bertz CT molecular complexity index is 1440. The molecule has 2 N–H and O–H groups in total. The van der Waals surface area contributed by atoms with Crippen LogP contribution in [0.4, 0.5) is 10.1 Å². The van der Waals surface area contributed by atoms with Gasteiger partial charge in [-0.25, -0.2) is 4.39 Å². The molecular weight excluding hydrogens is 596 g/mol. The van der Waals surface area contributed by atoms with Crippen molar-refractivity contribution in [3.8, 4) is 0 Å². The van der Waals surface area contributed by atoms with Crippen LogP contribution in [0.15, 0.2) is 36.4 Å². The average Bonchev–Trinajstić information content (AvgIpc) is 3.41. The molecule has 2 heterocycles. The number of hydrogen-bond donors (Lipinski definition) is 2. The molecule has 2 aromatic carbocycles. The van der Waals surface area contributed by atoms with Crippen LogP contribution in [0.5, 0.6) is 0 Å². The molecule has 2 amide bonds. The molecule has 1 saturated heterocycles. The summed E-state index contributed by atoms with van der Waals surface area (Å²) in [6, 6.07) is 9.81. The van der Waals surface area contributed by atoms with E-state index in [4.69, 9.17) is 23.2 Å². The molecule has 2 aromatic rings. The summed E-state index contributed by atoms with van der Waals surface area (Å²) in [6.45, 7) is 11.7. The highest BCUT2D eigenvalue weighted by atomic mass is 35.5. The third kappa shape index (κ3) is 4.81. The predicted octanol–water partition coefficient (Wildman–Crippen LogP) is 8.48. The number of rotatable bonds is 5. The number of hydrogen-bond acceptors (Lipinski definition) is 3. The molecule has 8 heteroatoms. The van der Waals surface area contributed by atoms with Crippen molar-refractivity contribution >= 4 is 40.7 Å². The summed E-state index contributed by atoms with van der Waals surface area (Å²) in [6.07, 6.45) is 7.22. The quantitative estimate of drug-likeness (QED) is 0.344. The van der Waals surface area contributed by atoms with Crippen molar-refractivity contribution in [1.82, 2.24) is 10.2 Å². The maximum atomic E-state index is 16.3. The lowest BCUT2D eigenvalue weighted by Gasteiger charge is -2.53. The fourth-order valence-electron chi connectivity index (χ4n) is 9.47. The van der Waals surface area contributed by atoms with E-state index in [2.05, 4.69) is 50.2 Å². The van der Waals surface area contributed by atoms with Crippen LogP contribution in [0.25, 0.3) is 0 Å². The smallest absolute Gasteiger partial charge is 0.238 e. The van der Waals surface area contributed by atoms with E-state index in [0.717, 1.165) is 44.1 Å². The van der Waals surface area contributed by atoms with Crippen LogP contribution in [0, 0.1) is 23.1 Å². The Morgan fingerprint density at radius 3 is 2.39 bits per heavy atom. The molecule has 0 radical (unpaired) electrons. The van der Waals surface area contributed by atoms with E-state index in [1.54, 1.807) is 18.2 Å². The van der Waals surface area contributed by atoms with Crippen molar-refractivity contribution in [1.29, 1.82) is 0 Å². The number of fused-ring (bicyclic) bond motifs is 3. The van der Waals surface area contributed by atoms with Crippen LogP contribution in [0.2, 0.25) is 10.0 Å². The van der Waals surface area contributed by atoms with E-state index in [0.29, 0.717) is 47.5 Å². The number of benzene rings is 2. The standard InChI is InChI=1S/C36H46Cl2FN3O2/c1-6-42-31(32(43)40-24-13-10-22(11-14-24)21(2)3)29(25-8-7-9-27(38)30(25)39)36(35(42)18-16-34(4,5)17-19-35)26-15-12-23(37)20-28(26)41-33(36)44/h7-9,12,15,20-22,24,29,31H,6,10-11,13-14,16-19H2,1-5H3,(H,40,43)(H,41,44)/t22-,24-,29-,31+,36+/m0/s1. The van der Waals surface area contributed by atoms with Gasteiger partial charge in [-0.3, -0.25) is 14.5 Å². The number of anilines is 1. The third-order valence-electron chi connectivity index (χ3n) is 11.8. The van der Waals surface area contributed by atoms with Gasteiger partial charge in [0.05, 0.1) is 11.1 Å². The molecule has 0 unspecified atom stereocenters. The largest absolute Gasteiger partial charge is 0.352 e. The number of carbonyl (C=O) groups is 2. The summed E-state index contributed by atoms with van der Waals surface area (Å²) in [7, 11) is 0. The molecule has 5 nitrogen and oxygen atoms in total. The second-order valence-electron chi connectivity index (χ2n) is 14.9. The minimum absolute atomic E-state index is 0.00711. The van der Waals surface area contributed by atoms with Crippen molar-refractivity contribution in [3.05, 3.63) is 63.4 Å². The van der Waals surface area contributed by atoms with Gasteiger partial charge in [-0.1, -0.05) is 76.0 Å². The zero-order chi connectivity index (χ0) is 31.6. The fourth-order valence-corrected chi connectivity index (χ4v) is 9.83. The van der Waals surface area contributed by atoms with Crippen LogP contribution in [-0.4, -0.2) is 40.9 Å². The fraction of sp³-hybridized carbons (Fsp3) is 0.611. The Labute approximate surface area is 271 Å². The maximum Gasteiger partial charge on any atom is 0.238 e. The van der Waals surface area contributed by atoms with E-state index in [-0.39, 0.29) is 28.3 Å². The van der Waals surface area contributed by atoms with E-state index < -0.39 is 28.7 Å². The molecule has 0 bridgehead atoms. The lowest BCUT2D eigenvalue weighted by atomic mass is 9.53. The molecule has 3 fully saturated rings. The van der Waals surface area contributed by atoms with Crippen LogP contribution in [-0.2, 0) is 15.0 Å². The number of nitrogens with zero attached hydrogens (tertiary/aromatic N) is 1. The van der Waals surface area contributed by atoms with Gasteiger partial charge in [0.2, 0.25) is 11.8 Å². The first-order valence-corrected chi connectivity index (χ1v) is 17.2. The van der Waals surface area contributed by atoms with Crippen LogP contribution in [0.3, 0.4) is 0 Å². The average molecular weight is 643 g/mol. The molecule has 238 valence electrons. The first-order chi connectivity index (χ1) is 20.9. The number of amides is 2. The van der Waals surface area contributed by atoms with Gasteiger partial charge in [0.15, 0.2) is 0 Å². The summed E-state index contributed by atoms with van der Waals surface area (Å²) in [5, 5.41) is 7.09. The Morgan fingerprint density at radius 2 is 1.75 bits per heavy atom. The zero-order valence-corrected chi connectivity index (χ0v) is 28.1. The Balaban J connectivity index is 1.55.